The van der Waals surface area contributed by atoms with Crippen LogP contribution in [0.5, 0.6) is 0 Å². The zero-order valence-electron chi connectivity index (χ0n) is 11.8. The van der Waals surface area contributed by atoms with E-state index in [-0.39, 0.29) is 11.0 Å². The molecule has 0 amide bonds. The Morgan fingerprint density at radius 2 is 1.85 bits per heavy atom. The molecule has 1 atom stereocenters. The van der Waals surface area contributed by atoms with E-state index in [2.05, 4.69) is 25.8 Å². The largest absolute Gasteiger partial charge is 0.323 e. The van der Waals surface area contributed by atoms with Crippen LogP contribution < -0.4 is 5.73 Å². The lowest BCUT2D eigenvalue weighted by Crippen LogP contribution is -2.17. The molecule has 5 heteroatoms. The van der Waals surface area contributed by atoms with Crippen LogP contribution in [-0.2, 0) is 11.8 Å². The Hall–Kier alpha value is -1.33. The Labute approximate surface area is 121 Å². The number of nitrogens with two attached hydrogens (primary N) is 1. The van der Waals surface area contributed by atoms with Crippen molar-refractivity contribution in [1.82, 2.24) is 4.98 Å². The van der Waals surface area contributed by atoms with E-state index < -0.39 is 17.7 Å². The number of thiazole rings is 1. The standard InChI is InChI=1S/C15H18F2N2S/c1-15(2,3)12-8-20-13(19-12)7-11(18)14-9(16)5-4-6-10(14)17/h4-6,8,11H,7,18H2,1-3H3. The number of benzene rings is 1. The molecule has 1 heterocycles. The second-order valence-corrected chi connectivity index (χ2v) is 6.77. The van der Waals surface area contributed by atoms with E-state index in [9.17, 15) is 8.78 Å². The summed E-state index contributed by atoms with van der Waals surface area (Å²) in [6, 6.07) is 3.05. The number of hydrogen-bond acceptors (Lipinski definition) is 3. The number of halogens is 2. The molecule has 0 fully saturated rings. The first kappa shape index (κ1) is 15.1. The number of aromatic nitrogens is 1. The average molecular weight is 296 g/mol. The van der Waals surface area contributed by atoms with Crippen LogP contribution in [-0.4, -0.2) is 4.98 Å². The van der Waals surface area contributed by atoms with Gasteiger partial charge in [-0.3, -0.25) is 0 Å². The fraction of sp³-hybridized carbons (Fsp3) is 0.400. The van der Waals surface area contributed by atoms with Gasteiger partial charge in [0.15, 0.2) is 0 Å². The van der Waals surface area contributed by atoms with E-state index in [1.54, 1.807) is 0 Å². The lowest BCUT2D eigenvalue weighted by atomic mass is 9.93. The summed E-state index contributed by atoms with van der Waals surface area (Å²) >= 11 is 1.48. The summed E-state index contributed by atoms with van der Waals surface area (Å²) in [6.45, 7) is 6.22. The van der Waals surface area contributed by atoms with Crippen molar-refractivity contribution in [3.8, 4) is 0 Å². The minimum absolute atomic E-state index is 0.0396. The maximum atomic E-state index is 13.7. The van der Waals surface area contributed by atoms with Gasteiger partial charge in [0.1, 0.15) is 11.6 Å². The normalized spacial score (nSPS) is 13.5. The highest BCUT2D eigenvalue weighted by Crippen LogP contribution is 2.27. The quantitative estimate of drug-likeness (QED) is 0.931. The van der Waals surface area contributed by atoms with Gasteiger partial charge in [-0.1, -0.05) is 26.8 Å². The second-order valence-electron chi connectivity index (χ2n) is 5.82. The molecule has 0 saturated carbocycles. The molecule has 2 aromatic rings. The van der Waals surface area contributed by atoms with Gasteiger partial charge in [-0.2, -0.15) is 0 Å². The van der Waals surface area contributed by atoms with Gasteiger partial charge in [0.05, 0.1) is 10.7 Å². The number of nitrogens with zero attached hydrogens (tertiary/aromatic N) is 1. The molecular formula is C15H18F2N2S. The third-order valence-electron chi connectivity index (χ3n) is 3.09. The molecule has 2 rings (SSSR count). The summed E-state index contributed by atoms with van der Waals surface area (Å²) in [5.41, 5.74) is 6.80. The highest BCUT2D eigenvalue weighted by atomic mass is 32.1. The third-order valence-corrected chi connectivity index (χ3v) is 3.96. The fourth-order valence-corrected chi connectivity index (χ4v) is 2.99. The molecule has 1 aromatic carbocycles. The van der Waals surface area contributed by atoms with Crippen molar-refractivity contribution in [3.63, 3.8) is 0 Å². The van der Waals surface area contributed by atoms with Gasteiger partial charge < -0.3 is 5.73 Å². The van der Waals surface area contributed by atoms with Crippen molar-refractivity contribution < 1.29 is 8.78 Å². The first-order chi connectivity index (χ1) is 9.29. The zero-order chi connectivity index (χ0) is 14.9. The van der Waals surface area contributed by atoms with Crippen LogP contribution in [0.15, 0.2) is 23.6 Å². The van der Waals surface area contributed by atoms with E-state index in [1.165, 1.54) is 29.5 Å². The molecule has 0 aliphatic carbocycles. The molecule has 0 saturated heterocycles. The molecule has 108 valence electrons. The Balaban J connectivity index is 2.20. The van der Waals surface area contributed by atoms with Crippen LogP contribution >= 0.6 is 11.3 Å². The van der Waals surface area contributed by atoms with E-state index in [0.717, 1.165) is 10.7 Å². The van der Waals surface area contributed by atoms with Crippen molar-refractivity contribution >= 4 is 11.3 Å². The van der Waals surface area contributed by atoms with Gasteiger partial charge in [-0.15, -0.1) is 11.3 Å². The van der Waals surface area contributed by atoms with Gasteiger partial charge in [-0.05, 0) is 12.1 Å². The minimum atomic E-state index is -0.727. The molecule has 20 heavy (non-hydrogen) atoms. The van der Waals surface area contributed by atoms with Crippen LogP contribution in [0.25, 0.3) is 0 Å². The molecule has 0 aliphatic heterocycles. The van der Waals surface area contributed by atoms with Crippen molar-refractivity contribution in [2.75, 3.05) is 0 Å². The van der Waals surface area contributed by atoms with Gasteiger partial charge in [0, 0.05) is 28.8 Å². The molecule has 0 radical (unpaired) electrons. The van der Waals surface area contributed by atoms with Crippen LogP contribution in [0.3, 0.4) is 0 Å². The zero-order valence-corrected chi connectivity index (χ0v) is 12.6. The van der Waals surface area contributed by atoms with Crippen LogP contribution in [0.2, 0.25) is 0 Å². The summed E-state index contributed by atoms with van der Waals surface area (Å²) in [5, 5.41) is 2.77. The van der Waals surface area contributed by atoms with Crippen LogP contribution in [0, 0.1) is 11.6 Å². The summed E-state index contributed by atoms with van der Waals surface area (Å²) in [5.74, 6) is -1.21. The predicted molar refractivity (Wildman–Crippen MR) is 77.8 cm³/mol. The van der Waals surface area contributed by atoms with E-state index in [0.29, 0.717) is 6.42 Å². The highest BCUT2D eigenvalue weighted by Gasteiger charge is 2.21. The molecule has 1 unspecified atom stereocenters. The second kappa shape index (κ2) is 5.58. The van der Waals surface area contributed by atoms with Crippen LogP contribution in [0.4, 0.5) is 8.78 Å². The van der Waals surface area contributed by atoms with Gasteiger partial charge in [0.2, 0.25) is 0 Å². The molecule has 1 aromatic heterocycles. The Kier molecular flexibility index (Phi) is 4.20. The molecule has 2 nitrogen and oxygen atoms in total. The Morgan fingerprint density at radius 1 is 1.25 bits per heavy atom. The van der Waals surface area contributed by atoms with E-state index in [1.807, 2.05) is 5.38 Å². The van der Waals surface area contributed by atoms with Gasteiger partial charge in [-0.25, -0.2) is 13.8 Å². The van der Waals surface area contributed by atoms with E-state index in [4.69, 9.17) is 5.73 Å². The van der Waals surface area contributed by atoms with E-state index >= 15 is 0 Å². The monoisotopic (exact) mass is 296 g/mol. The Bertz CT molecular complexity index is 582. The maximum absolute atomic E-state index is 13.7. The van der Waals surface area contributed by atoms with Crippen LogP contribution in [0.1, 0.15) is 43.1 Å². The first-order valence-corrected chi connectivity index (χ1v) is 7.31. The lowest BCUT2D eigenvalue weighted by Gasteiger charge is -2.15. The molecule has 0 aliphatic rings. The third kappa shape index (κ3) is 3.22. The van der Waals surface area contributed by atoms with Crippen molar-refractivity contribution in [2.45, 2.75) is 38.6 Å². The van der Waals surface area contributed by atoms with Crippen molar-refractivity contribution in [1.29, 1.82) is 0 Å². The minimum Gasteiger partial charge on any atom is -0.323 e. The molecule has 2 N–H and O–H groups in total. The van der Waals surface area contributed by atoms with Crippen molar-refractivity contribution in [3.05, 3.63) is 51.5 Å². The summed E-state index contributed by atoms with van der Waals surface area (Å²) < 4.78 is 27.3. The summed E-state index contributed by atoms with van der Waals surface area (Å²) in [4.78, 5) is 4.50. The summed E-state index contributed by atoms with van der Waals surface area (Å²) in [6.07, 6.45) is 0.332. The smallest absolute Gasteiger partial charge is 0.130 e. The topological polar surface area (TPSA) is 38.9 Å². The molecule has 0 bridgehead atoms. The molecular weight excluding hydrogens is 278 g/mol. The maximum Gasteiger partial charge on any atom is 0.130 e. The molecule has 0 spiro atoms. The lowest BCUT2D eigenvalue weighted by molar-refractivity contribution is 0.522. The predicted octanol–water partition coefficient (Wildman–Crippen LogP) is 3.96. The average Bonchev–Trinajstić information content (AvgIpc) is 2.76. The van der Waals surface area contributed by atoms with Gasteiger partial charge in [0.25, 0.3) is 0 Å². The van der Waals surface area contributed by atoms with Gasteiger partial charge >= 0.3 is 0 Å². The first-order valence-electron chi connectivity index (χ1n) is 6.43. The Morgan fingerprint density at radius 3 is 2.35 bits per heavy atom. The number of hydrogen-bond donors (Lipinski definition) is 1. The highest BCUT2D eigenvalue weighted by molar-refractivity contribution is 7.09. The number of rotatable bonds is 3. The summed E-state index contributed by atoms with van der Waals surface area (Å²) in [7, 11) is 0. The fourth-order valence-electron chi connectivity index (χ4n) is 1.90. The SMILES string of the molecule is CC(C)(C)c1csc(CC(N)c2c(F)cccc2F)n1. The van der Waals surface area contributed by atoms with Crippen molar-refractivity contribution in [2.24, 2.45) is 5.73 Å².